The fraction of sp³-hybridized carbons (Fsp3) is 0.391. The number of hydrogen-bond acceptors (Lipinski definition) is 0. The molecular formula is C92H68. The molecule has 0 amide bonds. The van der Waals surface area contributed by atoms with Gasteiger partial charge in [0.05, 0.1) is 0 Å². The fourth-order valence-corrected chi connectivity index (χ4v) is 30.8. The van der Waals surface area contributed by atoms with Crippen molar-refractivity contribution in [3.63, 3.8) is 0 Å². The third-order valence-electron chi connectivity index (χ3n) is 32.2. The molecule has 10 aliphatic rings. The lowest BCUT2D eigenvalue weighted by molar-refractivity contribution is 0.397. The molecule has 0 saturated carbocycles. The Balaban J connectivity index is 0.931. The van der Waals surface area contributed by atoms with E-state index in [2.05, 4.69) is 27.7 Å². The molecule has 0 nitrogen and oxygen atoms in total. The number of unbranched alkanes of at least 4 members (excludes halogenated alkanes) is 20. The number of allylic oxidation sites excluding steroid dienone is 4. The van der Waals surface area contributed by atoms with Crippen molar-refractivity contribution in [3.05, 3.63) is 72.0 Å². The third kappa shape index (κ3) is 3.24. The van der Waals surface area contributed by atoms with E-state index >= 15 is 0 Å². The molecule has 0 bridgehead atoms. The quantitative estimate of drug-likeness (QED) is 0.0339. The van der Waals surface area contributed by atoms with E-state index in [1.54, 1.807) is 172 Å². The first-order chi connectivity index (χ1) is 45.7. The predicted octanol–water partition coefficient (Wildman–Crippen LogP) is 26.2. The average molecular weight is 1170 g/mol. The molecule has 92 heavy (non-hydrogen) atoms. The number of benzene rings is 15. The number of rotatable bonds is 28. The van der Waals surface area contributed by atoms with Gasteiger partial charge in [-0.2, -0.15) is 0 Å². The Morgan fingerprint density at radius 2 is 0.315 bits per heavy atom. The molecule has 22 aromatic rings. The first-order valence-electron chi connectivity index (χ1n) is 38.7. The number of hydrogen-bond donors (Lipinski definition) is 0. The van der Waals surface area contributed by atoms with Crippen LogP contribution in [0, 0.1) is 0 Å². The maximum Gasteiger partial charge on any atom is 0.0483 e. The van der Waals surface area contributed by atoms with E-state index in [4.69, 9.17) is 0 Å². The Labute approximate surface area is 529 Å². The van der Waals surface area contributed by atoms with Gasteiger partial charge in [0.2, 0.25) is 0 Å². The summed E-state index contributed by atoms with van der Waals surface area (Å²) in [6.07, 6.45) is 37.8. The van der Waals surface area contributed by atoms with Crippen molar-refractivity contribution in [2.24, 2.45) is 0 Å². The molecule has 0 heteroatoms. The average Bonchev–Trinajstić information content (AvgIpc) is 1.38. The Morgan fingerprint density at radius 1 is 0.152 bits per heavy atom. The molecule has 0 aliphatic heterocycles. The van der Waals surface area contributed by atoms with Crippen LogP contribution in [0.4, 0.5) is 0 Å². The molecule has 0 aromatic heterocycles. The van der Waals surface area contributed by atoms with Crippen LogP contribution in [0.25, 0.3) is 232 Å². The third-order valence-corrected chi connectivity index (χ3v) is 32.2. The van der Waals surface area contributed by atoms with Gasteiger partial charge in [-0.25, -0.2) is 0 Å². The molecule has 0 N–H and O–H groups in total. The van der Waals surface area contributed by atoms with Crippen LogP contribution in [-0.2, 0) is 21.7 Å². The van der Waals surface area contributed by atoms with Gasteiger partial charge in [-0.05, 0) is 329 Å². The summed E-state index contributed by atoms with van der Waals surface area (Å²) in [6, 6.07) is 0. The minimum absolute atomic E-state index is 0.168. The van der Waals surface area contributed by atoms with Crippen LogP contribution >= 0.6 is 0 Å². The molecule has 4 atom stereocenters. The van der Waals surface area contributed by atoms with Crippen molar-refractivity contribution >= 4 is 232 Å². The first kappa shape index (κ1) is 45.1. The molecule has 4 unspecified atom stereocenters. The fourth-order valence-electron chi connectivity index (χ4n) is 30.8. The molecule has 0 spiro atoms. The van der Waals surface area contributed by atoms with Gasteiger partial charge in [-0.3, -0.25) is 0 Å². The minimum atomic E-state index is -0.168. The second-order valence-corrected chi connectivity index (χ2v) is 34.7. The molecule has 10 aliphatic carbocycles. The van der Waals surface area contributed by atoms with Crippen molar-refractivity contribution < 1.29 is 0 Å². The van der Waals surface area contributed by atoms with E-state index in [9.17, 15) is 0 Å². The maximum atomic E-state index is 2.43. The van der Waals surface area contributed by atoms with Crippen molar-refractivity contribution in [3.8, 4) is 0 Å². The zero-order chi connectivity index (χ0) is 58.1. The van der Waals surface area contributed by atoms with Crippen molar-refractivity contribution in [1.82, 2.24) is 0 Å². The lowest BCUT2D eigenvalue weighted by Crippen LogP contribution is -2.50. The van der Waals surface area contributed by atoms with Gasteiger partial charge in [0.25, 0.3) is 0 Å². The van der Waals surface area contributed by atoms with Crippen LogP contribution in [0.3, 0.4) is 0 Å². The van der Waals surface area contributed by atoms with E-state index in [1.807, 2.05) is 131 Å². The molecule has 436 valence electrons. The molecule has 0 saturated heterocycles. The van der Waals surface area contributed by atoms with Gasteiger partial charge in [-0.15, -0.1) is 0 Å². The van der Waals surface area contributed by atoms with Gasteiger partial charge in [0.1, 0.15) is 0 Å². The molecule has 0 fully saturated rings. The highest BCUT2D eigenvalue weighted by Gasteiger charge is 2.76. The SMILES string of the molecule is CCCCCCCCC12C3=C4C5=c6c7c8c9c%10c(c1c1c%11c2c2c%12c%13c%14c%15c%16c%17c(c6c6c7c7c9c9c%18c%10c1c1c%10c%11c%12c%11c%12c%13c%16c%13c%16c%17c6c6c7c9c7c(c1%18)c(c%10%11)c(c%12%13)c7c%166)C%15(CCCCCCCC)C5=C3C2%14CCCCCCCC)C48CCCCCCCC. The van der Waals surface area contributed by atoms with Gasteiger partial charge in [0, 0.05) is 21.7 Å². The summed E-state index contributed by atoms with van der Waals surface area (Å²) in [5, 5.41) is 76.1. The van der Waals surface area contributed by atoms with Crippen LogP contribution in [-0.4, -0.2) is 0 Å². The van der Waals surface area contributed by atoms with Crippen LogP contribution in [0.2, 0.25) is 0 Å². The van der Waals surface area contributed by atoms with Crippen LogP contribution in [0.5, 0.6) is 0 Å². The summed E-state index contributed by atoms with van der Waals surface area (Å²) in [5.41, 5.74) is 24.7. The second-order valence-electron chi connectivity index (χ2n) is 34.7. The van der Waals surface area contributed by atoms with Crippen LogP contribution < -0.4 is 5.22 Å². The minimum Gasteiger partial charge on any atom is -0.0654 e. The zero-order valence-corrected chi connectivity index (χ0v) is 53.8. The van der Waals surface area contributed by atoms with Crippen molar-refractivity contribution in [2.75, 3.05) is 0 Å². The van der Waals surface area contributed by atoms with Gasteiger partial charge < -0.3 is 0 Å². The summed E-state index contributed by atoms with van der Waals surface area (Å²) in [7, 11) is 0. The standard InChI is InChI=1S/C92H68/c1-5-9-13-17-21-25-29-89-77-66-57-53-40-38-33-34-36-37-35(33)42-47-45(38)55(53)68(77)70-59(47)61-49(42)51-44(37)52-50-43(36)48-46-39(34)41(40)54-56(46)69-71-60(48)62(50)73-75-64(52)63(51)74-72(61)81(79(70)89)91(31-27-23-19-15-11-7-3)83(74)84(75)92(32-28-24-20-16-12-8-4)82(73)80(71)90(30-26-22-18-14-10-6-2)78(69)67(58(54)57)65(66)76-85(89)87(91)88(92)86(76)90/h5-32H2,1-4H3. The lowest BCUT2D eigenvalue weighted by Gasteiger charge is -2.56. The summed E-state index contributed by atoms with van der Waals surface area (Å²) >= 11 is 0. The predicted molar refractivity (Wildman–Crippen MR) is 394 cm³/mol. The highest BCUT2D eigenvalue weighted by atomic mass is 14.8. The molecule has 22 aromatic carbocycles. The molecule has 0 heterocycles. The van der Waals surface area contributed by atoms with Gasteiger partial charge >= 0.3 is 0 Å². The molecular weight excluding hydrogens is 1110 g/mol. The topological polar surface area (TPSA) is 0 Å². The normalized spacial score (nSPS) is 24.1. The van der Waals surface area contributed by atoms with Crippen molar-refractivity contribution in [2.45, 2.75) is 229 Å². The summed E-state index contributed by atoms with van der Waals surface area (Å²) in [4.78, 5) is 0. The lowest BCUT2D eigenvalue weighted by atomic mass is 9.45. The Hall–Kier alpha value is -7.28. The smallest absolute Gasteiger partial charge is 0.0483 e. The second kappa shape index (κ2) is 12.7. The summed E-state index contributed by atoms with van der Waals surface area (Å²) in [6.45, 7) is 9.73. The monoisotopic (exact) mass is 1170 g/mol. The van der Waals surface area contributed by atoms with Crippen molar-refractivity contribution in [1.29, 1.82) is 0 Å². The Bertz CT molecular complexity index is 6950. The van der Waals surface area contributed by atoms with Gasteiger partial charge in [0.15, 0.2) is 0 Å². The van der Waals surface area contributed by atoms with E-state index in [0.29, 0.717) is 0 Å². The van der Waals surface area contributed by atoms with Crippen LogP contribution in [0.15, 0.2) is 22.3 Å². The van der Waals surface area contributed by atoms with E-state index in [1.165, 1.54) is 180 Å². The molecule has 0 radical (unpaired) electrons. The maximum absolute atomic E-state index is 2.43. The Kier molecular flexibility index (Phi) is 6.21. The first-order valence-corrected chi connectivity index (χ1v) is 38.7. The largest absolute Gasteiger partial charge is 0.0654 e. The summed E-state index contributed by atoms with van der Waals surface area (Å²) in [5.74, 6) is 0. The highest BCUT2D eigenvalue weighted by Crippen LogP contribution is 2.89. The highest BCUT2D eigenvalue weighted by molar-refractivity contribution is 6.77. The Morgan fingerprint density at radius 3 is 0.533 bits per heavy atom. The van der Waals surface area contributed by atoms with Crippen LogP contribution in [0.1, 0.15) is 252 Å². The van der Waals surface area contributed by atoms with E-state index in [-0.39, 0.29) is 21.7 Å². The molecule has 32 rings (SSSR count). The zero-order valence-electron chi connectivity index (χ0n) is 53.8. The van der Waals surface area contributed by atoms with E-state index < -0.39 is 0 Å². The summed E-state index contributed by atoms with van der Waals surface area (Å²) < 4.78 is 0. The van der Waals surface area contributed by atoms with Gasteiger partial charge in [-0.1, -0.05) is 182 Å². The van der Waals surface area contributed by atoms with E-state index in [0.717, 1.165) is 0 Å².